The summed E-state index contributed by atoms with van der Waals surface area (Å²) in [6.45, 7) is 1.02. The lowest BCUT2D eigenvalue weighted by Gasteiger charge is -2.25. The second kappa shape index (κ2) is 3.70. The van der Waals surface area contributed by atoms with Gasteiger partial charge in [0.2, 0.25) is 0 Å². The standard InChI is InChI=1S/C12H14N2O2/c15-12-14-10-6-9(4-5-11(10)16-12)13-7-8-2-1-3-8/h4-6,8,13H,1-3,7H2,(H,14,15). The Morgan fingerprint density at radius 2 is 2.31 bits per heavy atom. The Balaban J connectivity index is 1.78. The summed E-state index contributed by atoms with van der Waals surface area (Å²) in [7, 11) is 0. The van der Waals surface area contributed by atoms with Crippen LogP contribution in [0.1, 0.15) is 19.3 Å². The molecule has 1 aromatic heterocycles. The van der Waals surface area contributed by atoms with E-state index in [1.807, 2.05) is 18.2 Å². The van der Waals surface area contributed by atoms with Gasteiger partial charge in [-0.15, -0.1) is 0 Å². The lowest BCUT2D eigenvalue weighted by molar-refractivity contribution is 0.333. The number of H-pyrrole nitrogens is 1. The van der Waals surface area contributed by atoms with Crippen molar-refractivity contribution in [3.8, 4) is 0 Å². The first kappa shape index (κ1) is 9.51. The van der Waals surface area contributed by atoms with E-state index in [4.69, 9.17) is 4.42 Å². The van der Waals surface area contributed by atoms with E-state index in [1.165, 1.54) is 19.3 Å². The Kier molecular flexibility index (Phi) is 2.20. The summed E-state index contributed by atoms with van der Waals surface area (Å²) in [5.74, 6) is 0.422. The van der Waals surface area contributed by atoms with Gasteiger partial charge in [-0.25, -0.2) is 4.79 Å². The average Bonchev–Trinajstić information content (AvgIpc) is 2.55. The molecule has 2 aromatic rings. The van der Waals surface area contributed by atoms with Crippen LogP contribution in [0.25, 0.3) is 11.1 Å². The van der Waals surface area contributed by atoms with Crippen LogP contribution in [0.15, 0.2) is 27.4 Å². The Morgan fingerprint density at radius 1 is 1.44 bits per heavy atom. The molecule has 0 unspecified atom stereocenters. The van der Waals surface area contributed by atoms with E-state index in [0.717, 1.165) is 23.7 Å². The molecular weight excluding hydrogens is 204 g/mol. The van der Waals surface area contributed by atoms with Crippen molar-refractivity contribution in [3.63, 3.8) is 0 Å². The van der Waals surface area contributed by atoms with Crippen LogP contribution in [0.4, 0.5) is 5.69 Å². The van der Waals surface area contributed by atoms with Crippen molar-refractivity contribution in [2.75, 3.05) is 11.9 Å². The molecule has 3 rings (SSSR count). The maximum atomic E-state index is 11.0. The molecule has 1 heterocycles. The normalized spacial score (nSPS) is 16.2. The molecule has 2 N–H and O–H groups in total. The van der Waals surface area contributed by atoms with Gasteiger partial charge in [0.15, 0.2) is 5.58 Å². The molecule has 1 aromatic carbocycles. The van der Waals surface area contributed by atoms with Crippen LogP contribution in [0.2, 0.25) is 0 Å². The summed E-state index contributed by atoms with van der Waals surface area (Å²) in [6.07, 6.45) is 4.02. The molecule has 0 radical (unpaired) electrons. The third-order valence-corrected chi connectivity index (χ3v) is 3.24. The van der Waals surface area contributed by atoms with Gasteiger partial charge in [0.1, 0.15) is 0 Å². The molecule has 84 valence electrons. The van der Waals surface area contributed by atoms with Crippen molar-refractivity contribution in [2.45, 2.75) is 19.3 Å². The van der Waals surface area contributed by atoms with Crippen molar-refractivity contribution < 1.29 is 4.42 Å². The first-order chi connectivity index (χ1) is 7.81. The SMILES string of the molecule is O=c1[nH]c2cc(NCC3CCC3)ccc2o1. The van der Waals surface area contributed by atoms with Crippen LogP contribution in [-0.2, 0) is 0 Å². The maximum Gasteiger partial charge on any atom is 0.417 e. The summed E-state index contributed by atoms with van der Waals surface area (Å²) in [5, 5.41) is 3.38. The van der Waals surface area contributed by atoms with Gasteiger partial charge in [0, 0.05) is 12.2 Å². The zero-order chi connectivity index (χ0) is 11.0. The van der Waals surface area contributed by atoms with Crippen molar-refractivity contribution >= 4 is 16.8 Å². The predicted octanol–water partition coefficient (Wildman–Crippen LogP) is 2.33. The van der Waals surface area contributed by atoms with E-state index in [0.29, 0.717) is 5.58 Å². The largest absolute Gasteiger partial charge is 0.417 e. The van der Waals surface area contributed by atoms with E-state index in [-0.39, 0.29) is 0 Å². The zero-order valence-corrected chi connectivity index (χ0v) is 8.95. The number of hydrogen-bond acceptors (Lipinski definition) is 3. The minimum atomic E-state index is -0.397. The molecule has 4 nitrogen and oxygen atoms in total. The highest BCUT2D eigenvalue weighted by Gasteiger charge is 2.16. The molecule has 4 heteroatoms. The van der Waals surface area contributed by atoms with Gasteiger partial charge in [-0.1, -0.05) is 6.42 Å². The lowest BCUT2D eigenvalue weighted by Crippen LogP contribution is -2.20. The van der Waals surface area contributed by atoms with E-state index < -0.39 is 5.76 Å². The lowest BCUT2D eigenvalue weighted by atomic mass is 9.85. The third kappa shape index (κ3) is 1.71. The highest BCUT2D eigenvalue weighted by atomic mass is 16.4. The first-order valence-corrected chi connectivity index (χ1v) is 5.68. The monoisotopic (exact) mass is 218 g/mol. The Labute approximate surface area is 92.7 Å². The molecule has 0 atom stereocenters. The van der Waals surface area contributed by atoms with Crippen molar-refractivity contribution in [3.05, 3.63) is 28.7 Å². The van der Waals surface area contributed by atoms with Crippen LogP contribution in [-0.4, -0.2) is 11.5 Å². The molecule has 1 aliphatic rings. The molecule has 16 heavy (non-hydrogen) atoms. The van der Waals surface area contributed by atoms with E-state index in [1.54, 1.807) is 0 Å². The smallest absolute Gasteiger partial charge is 0.408 e. The average molecular weight is 218 g/mol. The fourth-order valence-corrected chi connectivity index (χ4v) is 2.02. The van der Waals surface area contributed by atoms with Crippen LogP contribution < -0.4 is 11.1 Å². The topological polar surface area (TPSA) is 58.0 Å². The van der Waals surface area contributed by atoms with Crippen LogP contribution in [0.3, 0.4) is 0 Å². The van der Waals surface area contributed by atoms with Crippen LogP contribution in [0.5, 0.6) is 0 Å². The molecule has 0 saturated heterocycles. The highest BCUT2D eigenvalue weighted by Crippen LogP contribution is 2.26. The van der Waals surface area contributed by atoms with Gasteiger partial charge >= 0.3 is 5.76 Å². The molecule has 0 spiro atoms. The number of nitrogens with one attached hydrogen (secondary N) is 2. The number of aromatic amines is 1. The number of hydrogen-bond donors (Lipinski definition) is 2. The number of benzene rings is 1. The fraction of sp³-hybridized carbons (Fsp3) is 0.417. The molecular formula is C12H14N2O2. The Bertz CT molecular complexity index is 551. The van der Waals surface area contributed by atoms with Crippen molar-refractivity contribution in [2.24, 2.45) is 5.92 Å². The van der Waals surface area contributed by atoms with Crippen molar-refractivity contribution in [1.82, 2.24) is 4.98 Å². The summed E-state index contributed by atoms with van der Waals surface area (Å²) in [4.78, 5) is 13.6. The predicted molar refractivity (Wildman–Crippen MR) is 62.7 cm³/mol. The molecule has 0 bridgehead atoms. The number of aromatic nitrogens is 1. The number of fused-ring (bicyclic) bond motifs is 1. The van der Waals surface area contributed by atoms with Gasteiger partial charge in [-0.3, -0.25) is 4.98 Å². The highest BCUT2D eigenvalue weighted by molar-refractivity contribution is 5.76. The molecule has 0 amide bonds. The minimum Gasteiger partial charge on any atom is -0.408 e. The number of oxazole rings is 1. The second-order valence-electron chi connectivity index (χ2n) is 4.40. The molecule has 0 aliphatic heterocycles. The molecule has 1 saturated carbocycles. The van der Waals surface area contributed by atoms with Crippen molar-refractivity contribution in [1.29, 1.82) is 0 Å². The fourth-order valence-electron chi connectivity index (χ4n) is 2.02. The number of anilines is 1. The molecule has 1 fully saturated rings. The zero-order valence-electron chi connectivity index (χ0n) is 8.95. The first-order valence-electron chi connectivity index (χ1n) is 5.68. The van der Waals surface area contributed by atoms with Gasteiger partial charge in [-0.2, -0.15) is 0 Å². The molecule has 1 aliphatic carbocycles. The van der Waals surface area contributed by atoms with Crippen LogP contribution >= 0.6 is 0 Å². The van der Waals surface area contributed by atoms with Gasteiger partial charge in [0.05, 0.1) is 5.52 Å². The van der Waals surface area contributed by atoms with Crippen LogP contribution in [0, 0.1) is 5.92 Å². The minimum absolute atomic E-state index is 0.397. The Hall–Kier alpha value is -1.71. The second-order valence-corrected chi connectivity index (χ2v) is 4.40. The third-order valence-electron chi connectivity index (χ3n) is 3.24. The van der Waals surface area contributed by atoms with E-state index in [2.05, 4.69) is 10.3 Å². The van der Waals surface area contributed by atoms with Gasteiger partial charge in [-0.05, 0) is 37.0 Å². The number of rotatable bonds is 3. The van der Waals surface area contributed by atoms with Gasteiger partial charge in [0.25, 0.3) is 0 Å². The summed E-state index contributed by atoms with van der Waals surface area (Å²) in [5.41, 5.74) is 2.40. The Morgan fingerprint density at radius 3 is 3.06 bits per heavy atom. The van der Waals surface area contributed by atoms with E-state index in [9.17, 15) is 4.79 Å². The maximum absolute atomic E-state index is 11.0. The van der Waals surface area contributed by atoms with E-state index >= 15 is 0 Å². The van der Waals surface area contributed by atoms with Gasteiger partial charge < -0.3 is 9.73 Å². The summed E-state index contributed by atoms with van der Waals surface area (Å²) >= 11 is 0. The quantitative estimate of drug-likeness (QED) is 0.831. The summed E-state index contributed by atoms with van der Waals surface area (Å²) in [6, 6.07) is 5.67. The summed E-state index contributed by atoms with van der Waals surface area (Å²) < 4.78 is 4.94.